The number of aryl methyl sites for hydroxylation is 1. The van der Waals surface area contributed by atoms with Gasteiger partial charge in [0.15, 0.2) is 0 Å². The van der Waals surface area contributed by atoms with Crippen molar-refractivity contribution in [1.29, 1.82) is 0 Å². The molecule has 0 spiro atoms. The second kappa shape index (κ2) is 15.9. The summed E-state index contributed by atoms with van der Waals surface area (Å²) in [6.45, 7) is 8.98. The summed E-state index contributed by atoms with van der Waals surface area (Å²) in [4.78, 5) is 11.0. The number of phenols is 1. The fourth-order valence-electron chi connectivity index (χ4n) is 9.66. The van der Waals surface area contributed by atoms with Crippen LogP contribution in [0, 0.1) is 6.07 Å². The van der Waals surface area contributed by atoms with E-state index in [0.29, 0.717) is 17.5 Å². The number of furan rings is 2. The maximum atomic E-state index is 11.5. The third-order valence-corrected chi connectivity index (χ3v) is 13.1. The van der Waals surface area contributed by atoms with Crippen molar-refractivity contribution in [2.75, 3.05) is 0 Å². The van der Waals surface area contributed by atoms with Crippen LogP contribution in [0.3, 0.4) is 0 Å². The zero-order valence-corrected chi connectivity index (χ0v) is 38.7. The summed E-state index contributed by atoms with van der Waals surface area (Å²) in [7, 11) is 0. The molecular weight excluding hydrogens is 982 g/mol. The maximum Gasteiger partial charge on any atom is 0.135 e. The SMILES string of the molecule is CC(C)c1cc(C(C)C)cc(-n2cc(-c3cc(-c4ccc5oc6ccccc6c5c4)c4c(n3)-c3c(O)cccc3CC4)nc2-c2[c-]cc3oc4ccc(-c5ccccc5)cc4c3c2)c1.[Pt]. The van der Waals surface area contributed by atoms with Gasteiger partial charge in [0, 0.05) is 54.7 Å². The summed E-state index contributed by atoms with van der Waals surface area (Å²) in [5, 5.41) is 15.7. The largest absolute Gasteiger partial charge is 0.507 e. The van der Waals surface area contributed by atoms with E-state index in [2.05, 4.69) is 154 Å². The maximum absolute atomic E-state index is 11.5. The number of rotatable bonds is 7. The third-order valence-electron chi connectivity index (χ3n) is 13.1. The Labute approximate surface area is 391 Å². The molecule has 0 saturated heterocycles. The molecule has 0 bridgehead atoms. The molecule has 0 fully saturated rings. The van der Waals surface area contributed by atoms with Crippen molar-refractivity contribution in [2.24, 2.45) is 0 Å². The van der Waals surface area contributed by atoms with Crippen molar-refractivity contribution in [3.63, 3.8) is 0 Å². The molecule has 0 radical (unpaired) electrons. The Hall–Kier alpha value is -7.01. The Morgan fingerprint density at radius 2 is 1.26 bits per heavy atom. The van der Waals surface area contributed by atoms with E-state index in [9.17, 15) is 5.11 Å². The molecule has 0 amide bonds. The summed E-state index contributed by atoms with van der Waals surface area (Å²) < 4.78 is 14.9. The molecule has 0 saturated carbocycles. The van der Waals surface area contributed by atoms with Crippen molar-refractivity contribution >= 4 is 43.9 Å². The second-order valence-electron chi connectivity index (χ2n) is 17.8. The Bertz CT molecular complexity index is 3620. The molecule has 0 unspecified atom stereocenters. The van der Waals surface area contributed by atoms with Crippen molar-refractivity contribution in [3.05, 3.63) is 180 Å². The van der Waals surface area contributed by atoms with Crippen LogP contribution in [0.1, 0.15) is 61.8 Å². The molecular formula is C58H44N3O3Pt-. The standard InChI is InChI=1S/C58H44N3O3.Pt/c1-33(2)40-25-41(34(3)4)27-42(26-40)61-32-50(60-58(61)39-20-24-55-48(30-39)47-28-37(18-22-54(47)64-55)35-11-6-5-7-12-35)49-31-45(44-21-17-36-13-10-15-51(62)56(36)57(44)59-49)38-19-23-53-46(29-38)43-14-8-9-16-52(43)63-53;/h5-16,18-19,22-34,62H,17,21H2,1-4H3;/q-1;. The smallest absolute Gasteiger partial charge is 0.135 e. The minimum atomic E-state index is 0. The molecule has 0 atom stereocenters. The number of imidazole rings is 1. The Kier molecular flexibility index (Phi) is 9.97. The van der Waals surface area contributed by atoms with E-state index in [-0.39, 0.29) is 26.8 Å². The van der Waals surface area contributed by atoms with Crippen molar-refractivity contribution in [3.8, 4) is 67.7 Å². The van der Waals surface area contributed by atoms with Gasteiger partial charge in [0.05, 0.1) is 28.5 Å². The van der Waals surface area contributed by atoms with Gasteiger partial charge in [-0.25, -0.2) is 4.98 Å². The second-order valence-corrected chi connectivity index (χ2v) is 17.8. The minimum absolute atomic E-state index is 0. The number of hydrogen-bond donors (Lipinski definition) is 1. The van der Waals surface area contributed by atoms with Gasteiger partial charge in [-0.1, -0.05) is 112 Å². The van der Waals surface area contributed by atoms with Gasteiger partial charge in [0.1, 0.15) is 22.5 Å². The van der Waals surface area contributed by atoms with Gasteiger partial charge in [0.25, 0.3) is 0 Å². The van der Waals surface area contributed by atoms with Crippen molar-refractivity contribution in [2.45, 2.75) is 52.4 Å². The molecule has 1 aliphatic carbocycles. The van der Waals surface area contributed by atoms with Gasteiger partial charge in [-0.15, -0.1) is 23.8 Å². The summed E-state index contributed by atoms with van der Waals surface area (Å²) in [6, 6.07) is 54.0. The quantitative estimate of drug-likeness (QED) is 0.161. The average molecular weight is 1030 g/mol. The number of aromatic nitrogens is 3. The number of benzene rings is 7. The zero-order valence-electron chi connectivity index (χ0n) is 36.4. The summed E-state index contributed by atoms with van der Waals surface area (Å²) in [5.74, 6) is 1.63. The number of para-hydroxylation sites is 1. The van der Waals surface area contributed by atoms with E-state index in [4.69, 9.17) is 18.8 Å². The fraction of sp³-hybridized carbons (Fsp3) is 0.138. The normalized spacial score (nSPS) is 12.4. The Morgan fingerprint density at radius 3 is 2.05 bits per heavy atom. The predicted octanol–water partition coefficient (Wildman–Crippen LogP) is 15.2. The number of phenolic OH excluding ortho intramolecular Hbond substituents is 1. The monoisotopic (exact) mass is 1030 g/mol. The Balaban J connectivity index is 0.00000469. The molecule has 4 aromatic heterocycles. The first kappa shape index (κ1) is 40.7. The van der Waals surface area contributed by atoms with Gasteiger partial charge in [0.2, 0.25) is 0 Å². The molecule has 11 aromatic rings. The van der Waals surface area contributed by atoms with Gasteiger partial charge >= 0.3 is 0 Å². The molecule has 320 valence electrons. The van der Waals surface area contributed by atoms with E-state index in [1.54, 1.807) is 6.07 Å². The van der Waals surface area contributed by atoms with Crippen LogP contribution in [0.2, 0.25) is 0 Å². The molecule has 65 heavy (non-hydrogen) atoms. The van der Waals surface area contributed by atoms with E-state index in [1.807, 2.05) is 30.3 Å². The first-order valence-corrected chi connectivity index (χ1v) is 22.2. The first-order valence-electron chi connectivity index (χ1n) is 22.2. The number of aromatic hydroxyl groups is 1. The molecule has 6 nitrogen and oxygen atoms in total. The van der Waals surface area contributed by atoms with Crippen LogP contribution in [-0.4, -0.2) is 19.6 Å². The molecule has 4 heterocycles. The summed E-state index contributed by atoms with van der Waals surface area (Å²) >= 11 is 0. The molecule has 1 aliphatic rings. The van der Waals surface area contributed by atoms with Crippen molar-refractivity contribution < 1.29 is 35.0 Å². The topological polar surface area (TPSA) is 77.2 Å². The number of fused-ring (bicyclic) bond motifs is 9. The van der Waals surface area contributed by atoms with Gasteiger partial charge in [-0.2, -0.15) is 0 Å². The Morgan fingerprint density at radius 1 is 0.585 bits per heavy atom. The summed E-state index contributed by atoms with van der Waals surface area (Å²) in [6.07, 6.45) is 3.72. The van der Waals surface area contributed by atoms with E-state index in [1.165, 1.54) is 11.1 Å². The minimum Gasteiger partial charge on any atom is -0.507 e. The van der Waals surface area contributed by atoms with Crippen LogP contribution in [-0.2, 0) is 33.9 Å². The fourth-order valence-corrected chi connectivity index (χ4v) is 9.66. The average Bonchev–Trinajstić information content (AvgIpc) is 4.04. The first-order chi connectivity index (χ1) is 31.2. The number of pyridine rings is 1. The van der Waals surface area contributed by atoms with Crippen LogP contribution in [0.5, 0.6) is 5.75 Å². The van der Waals surface area contributed by atoms with E-state index < -0.39 is 0 Å². The third kappa shape index (κ3) is 6.90. The molecule has 0 aliphatic heterocycles. The summed E-state index contributed by atoms with van der Waals surface area (Å²) in [5.41, 5.74) is 17.3. The van der Waals surface area contributed by atoms with E-state index in [0.717, 1.165) is 124 Å². The molecule has 7 aromatic carbocycles. The predicted molar refractivity (Wildman–Crippen MR) is 259 cm³/mol. The number of hydrogen-bond acceptors (Lipinski definition) is 5. The molecule has 1 N–H and O–H groups in total. The van der Waals surface area contributed by atoms with Crippen LogP contribution in [0.25, 0.3) is 106 Å². The van der Waals surface area contributed by atoms with Crippen LogP contribution < -0.4 is 0 Å². The van der Waals surface area contributed by atoms with E-state index >= 15 is 0 Å². The van der Waals surface area contributed by atoms with Crippen LogP contribution in [0.15, 0.2) is 161 Å². The number of nitrogens with zero attached hydrogens (tertiary/aromatic N) is 3. The van der Waals surface area contributed by atoms with Gasteiger partial charge in [-0.05, 0) is 124 Å². The zero-order chi connectivity index (χ0) is 43.2. The molecule has 12 rings (SSSR count). The van der Waals surface area contributed by atoms with Crippen LogP contribution in [0.4, 0.5) is 0 Å². The van der Waals surface area contributed by atoms with Gasteiger partial charge < -0.3 is 18.5 Å². The molecule has 7 heteroatoms. The van der Waals surface area contributed by atoms with Gasteiger partial charge in [-0.3, -0.25) is 4.98 Å². The van der Waals surface area contributed by atoms with Crippen molar-refractivity contribution in [1.82, 2.24) is 14.5 Å². The van der Waals surface area contributed by atoms with Crippen LogP contribution >= 0.6 is 0 Å².